The van der Waals surface area contributed by atoms with E-state index in [0.717, 1.165) is 50.7 Å². The van der Waals surface area contributed by atoms with Crippen LogP contribution in [0.25, 0.3) is 0 Å². The Morgan fingerprint density at radius 1 is 1.09 bits per heavy atom. The van der Waals surface area contributed by atoms with E-state index >= 15 is 0 Å². The Labute approximate surface area is 203 Å². The molecular formula is C29H40O5. The zero-order chi connectivity index (χ0) is 24.1. The number of carboxylic acid groups (broad SMARTS) is 1. The fourth-order valence-corrected chi connectivity index (χ4v) is 8.75. The number of hydrogen-bond acceptors (Lipinski definition) is 4. The number of ether oxygens (including phenoxy) is 1. The molecule has 1 aromatic rings. The SMILES string of the molecule is CC12C[C@H](c3ccc(OCCCC(=O)O)cc3)C3C(CCC4CC(=O)CC[C@@]43C)C1CC[C@@H]2O. The highest BCUT2D eigenvalue weighted by Crippen LogP contribution is 2.69. The van der Waals surface area contributed by atoms with Gasteiger partial charge in [-0.15, -0.1) is 0 Å². The Kier molecular flexibility index (Phi) is 6.29. The van der Waals surface area contributed by atoms with Gasteiger partial charge in [-0.3, -0.25) is 9.59 Å². The number of hydrogen-bond donors (Lipinski definition) is 2. The molecule has 5 heteroatoms. The van der Waals surface area contributed by atoms with Gasteiger partial charge in [0.25, 0.3) is 0 Å². The lowest BCUT2D eigenvalue weighted by Crippen LogP contribution is -2.56. The quantitative estimate of drug-likeness (QED) is 0.531. The molecular weight excluding hydrogens is 428 g/mol. The number of carbonyl (C=O) groups is 2. The van der Waals surface area contributed by atoms with Crippen LogP contribution in [0.5, 0.6) is 5.75 Å². The van der Waals surface area contributed by atoms with E-state index in [9.17, 15) is 14.7 Å². The van der Waals surface area contributed by atoms with Crippen molar-refractivity contribution in [1.82, 2.24) is 0 Å². The number of carbonyl (C=O) groups excluding carboxylic acids is 1. The molecule has 4 saturated carbocycles. The number of benzene rings is 1. The van der Waals surface area contributed by atoms with Crippen molar-refractivity contribution in [2.75, 3.05) is 6.61 Å². The molecule has 0 aliphatic heterocycles. The minimum atomic E-state index is -0.796. The van der Waals surface area contributed by atoms with Gasteiger partial charge in [-0.25, -0.2) is 0 Å². The summed E-state index contributed by atoms with van der Waals surface area (Å²) in [4.78, 5) is 23.1. The maximum atomic E-state index is 12.4. The van der Waals surface area contributed by atoms with Crippen LogP contribution in [-0.4, -0.2) is 34.7 Å². The maximum Gasteiger partial charge on any atom is 0.303 e. The summed E-state index contributed by atoms with van der Waals surface area (Å²) in [6, 6.07) is 8.44. The number of aliphatic hydroxyl groups excluding tert-OH is 1. The van der Waals surface area contributed by atoms with Crippen molar-refractivity contribution in [2.24, 2.45) is 34.5 Å². The number of ketones is 1. The van der Waals surface area contributed by atoms with Crippen LogP contribution in [0.4, 0.5) is 0 Å². The van der Waals surface area contributed by atoms with Gasteiger partial charge in [0.1, 0.15) is 11.5 Å². The summed E-state index contributed by atoms with van der Waals surface area (Å²) in [5.41, 5.74) is 1.47. The number of carboxylic acids is 1. The first-order valence-corrected chi connectivity index (χ1v) is 13.4. The van der Waals surface area contributed by atoms with Crippen molar-refractivity contribution in [1.29, 1.82) is 0 Å². The topological polar surface area (TPSA) is 83.8 Å². The van der Waals surface area contributed by atoms with Crippen molar-refractivity contribution < 1.29 is 24.5 Å². The Balaban J connectivity index is 1.43. The standard InChI is InChI=1S/C29H40O5/c1-28-14-13-20(30)16-19(28)7-10-22-24-11-12-25(31)29(24,2)17-23(27(22)28)18-5-8-21(9-6-18)34-15-3-4-26(32)33/h5-6,8-9,19,22-25,27,31H,3-4,7,10-17H2,1-2H3,(H,32,33)/t19?,22?,23-,24?,25+,27?,28+,29?/m1/s1. The van der Waals surface area contributed by atoms with Gasteiger partial charge in [-0.05, 0) is 103 Å². The lowest BCUT2D eigenvalue weighted by atomic mass is 9.42. The maximum absolute atomic E-state index is 12.4. The van der Waals surface area contributed by atoms with E-state index in [0.29, 0.717) is 48.4 Å². The van der Waals surface area contributed by atoms with E-state index in [1.807, 2.05) is 12.1 Å². The lowest BCUT2D eigenvalue weighted by molar-refractivity contribution is -0.147. The molecule has 186 valence electrons. The first-order valence-electron chi connectivity index (χ1n) is 13.4. The van der Waals surface area contributed by atoms with E-state index in [2.05, 4.69) is 26.0 Å². The average Bonchev–Trinajstić information content (AvgIpc) is 3.11. The van der Waals surface area contributed by atoms with E-state index in [-0.39, 0.29) is 23.4 Å². The van der Waals surface area contributed by atoms with Gasteiger partial charge in [0.05, 0.1) is 12.7 Å². The van der Waals surface area contributed by atoms with Crippen LogP contribution >= 0.6 is 0 Å². The minimum absolute atomic E-state index is 0.0362. The van der Waals surface area contributed by atoms with Crippen LogP contribution in [0.3, 0.4) is 0 Å². The number of aliphatic hydroxyl groups is 1. The van der Waals surface area contributed by atoms with E-state index in [1.165, 1.54) is 12.0 Å². The zero-order valence-electron chi connectivity index (χ0n) is 20.7. The molecule has 4 aliphatic carbocycles. The van der Waals surface area contributed by atoms with Gasteiger partial charge in [0.2, 0.25) is 0 Å². The smallest absolute Gasteiger partial charge is 0.303 e. The van der Waals surface area contributed by atoms with Gasteiger partial charge in [-0.1, -0.05) is 26.0 Å². The molecule has 5 nitrogen and oxygen atoms in total. The zero-order valence-corrected chi connectivity index (χ0v) is 20.7. The second kappa shape index (κ2) is 8.96. The predicted molar refractivity (Wildman–Crippen MR) is 130 cm³/mol. The molecule has 1 aromatic carbocycles. The van der Waals surface area contributed by atoms with Crippen LogP contribution in [0.15, 0.2) is 24.3 Å². The second-order valence-electron chi connectivity index (χ2n) is 12.1. The first-order chi connectivity index (χ1) is 16.2. The van der Waals surface area contributed by atoms with Crippen molar-refractivity contribution in [3.63, 3.8) is 0 Å². The van der Waals surface area contributed by atoms with Crippen LogP contribution in [0, 0.1) is 34.5 Å². The van der Waals surface area contributed by atoms with Crippen LogP contribution in [0.1, 0.15) is 89.5 Å². The van der Waals surface area contributed by atoms with Gasteiger partial charge < -0.3 is 14.9 Å². The van der Waals surface area contributed by atoms with Gasteiger partial charge in [0, 0.05) is 19.3 Å². The molecule has 0 heterocycles. The molecule has 4 aliphatic rings. The summed E-state index contributed by atoms with van der Waals surface area (Å²) >= 11 is 0. The highest BCUT2D eigenvalue weighted by atomic mass is 16.5. The van der Waals surface area contributed by atoms with Crippen LogP contribution in [0.2, 0.25) is 0 Å². The van der Waals surface area contributed by atoms with Crippen LogP contribution < -0.4 is 4.74 Å². The third-order valence-corrected chi connectivity index (χ3v) is 10.5. The normalized spacial score (nSPS) is 41.3. The third-order valence-electron chi connectivity index (χ3n) is 10.5. The van der Waals surface area contributed by atoms with Gasteiger partial charge >= 0.3 is 5.97 Å². The number of rotatable bonds is 6. The molecule has 8 atom stereocenters. The molecule has 0 spiro atoms. The predicted octanol–water partition coefficient (Wildman–Crippen LogP) is 5.60. The molecule has 0 aromatic heterocycles. The monoisotopic (exact) mass is 468 g/mol. The van der Waals surface area contributed by atoms with Crippen molar-refractivity contribution in [3.05, 3.63) is 29.8 Å². The molecule has 5 unspecified atom stereocenters. The first kappa shape index (κ1) is 23.8. The molecule has 0 saturated heterocycles. The summed E-state index contributed by atoms with van der Waals surface area (Å²) in [5, 5.41) is 19.9. The van der Waals surface area contributed by atoms with Crippen molar-refractivity contribution >= 4 is 11.8 Å². The summed E-state index contributed by atoms with van der Waals surface area (Å²) < 4.78 is 5.79. The second-order valence-corrected chi connectivity index (χ2v) is 12.1. The Bertz CT molecular complexity index is 925. The fourth-order valence-electron chi connectivity index (χ4n) is 8.75. The Morgan fingerprint density at radius 2 is 1.85 bits per heavy atom. The summed E-state index contributed by atoms with van der Waals surface area (Å²) in [5.74, 6) is 3.03. The molecule has 0 bridgehead atoms. The van der Waals surface area contributed by atoms with E-state index in [4.69, 9.17) is 9.84 Å². The van der Waals surface area contributed by atoms with E-state index in [1.54, 1.807) is 0 Å². The average molecular weight is 469 g/mol. The largest absolute Gasteiger partial charge is 0.494 e. The molecule has 4 fully saturated rings. The lowest BCUT2D eigenvalue weighted by Gasteiger charge is -2.62. The highest BCUT2D eigenvalue weighted by Gasteiger charge is 2.63. The molecule has 0 amide bonds. The highest BCUT2D eigenvalue weighted by molar-refractivity contribution is 5.79. The number of Topliss-reactive ketones (excluding diaryl/α,β-unsaturated/α-hetero) is 1. The minimum Gasteiger partial charge on any atom is -0.494 e. The fraction of sp³-hybridized carbons (Fsp3) is 0.724. The number of fused-ring (bicyclic) bond motifs is 5. The summed E-state index contributed by atoms with van der Waals surface area (Å²) in [7, 11) is 0. The van der Waals surface area contributed by atoms with Crippen molar-refractivity contribution in [2.45, 2.75) is 90.1 Å². The van der Waals surface area contributed by atoms with Crippen LogP contribution in [-0.2, 0) is 9.59 Å². The summed E-state index contributed by atoms with van der Waals surface area (Å²) in [6.07, 6.45) is 8.27. The molecule has 0 radical (unpaired) electrons. The van der Waals surface area contributed by atoms with E-state index < -0.39 is 5.97 Å². The van der Waals surface area contributed by atoms with Gasteiger partial charge in [0.15, 0.2) is 0 Å². The summed E-state index contributed by atoms with van der Waals surface area (Å²) in [6.45, 7) is 5.21. The molecule has 2 N–H and O–H groups in total. The third kappa shape index (κ3) is 3.98. The molecule has 5 rings (SSSR count). The number of aliphatic carboxylic acids is 1. The molecule has 34 heavy (non-hydrogen) atoms. The van der Waals surface area contributed by atoms with Gasteiger partial charge in [-0.2, -0.15) is 0 Å². The van der Waals surface area contributed by atoms with Crippen molar-refractivity contribution in [3.8, 4) is 5.75 Å². The Hall–Kier alpha value is -1.88. The Morgan fingerprint density at radius 3 is 2.59 bits per heavy atom.